The molecule has 0 aromatic rings. The Kier molecular flexibility index (Phi) is 4.92. The van der Waals surface area contributed by atoms with Gasteiger partial charge in [-0.05, 0) is 33.2 Å². The lowest BCUT2D eigenvalue weighted by atomic mass is 10.2. The van der Waals surface area contributed by atoms with Gasteiger partial charge in [0.05, 0.1) is 18.3 Å². The van der Waals surface area contributed by atoms with E-state index in [-0.39, 0.29) is 0 Å². The second-order valence-corrected chi connectivity index (χ2v) is 4.13. The van der Waals surface area contributed by atoms with Gasteiger partial charge in [-0.3, -0.25) is 4.90 Å². The Morgan fingerprint density at radius 3 is 2.50 bits per heavy atom. The summed E-state index contributed by atoms with van der Waals surface area (Å²) in [6, 6.07) is 2.18. The molecule has 3 nitrogen and oxygen atoms in total. The van der Waals surface area contributed by atoms with Crippen molar-refractivity contribution in [2.75, 3.05) is 19.6 Å². The average molecular weight is 196 g/mol. The zero-order valence-corrected chi connectivity index (χ0v) is 9.20. The maximum Gasteiger partial charge on any atom is 0.0678 e. The van der Waals surface area contributed by atoms with E-state index in [1.165, 1.54) is 0 Å². The highest BCUT2D eigenvalue weighted by atomic mass is 16.5. The van der Waals surface area contributed by atoms with Crippen molar-refractivity contribution in [3.8, 4) is 6.07 Å². The fourth-order valence-electron chi connectivity index (χ4n) is 2.01. The summed E-state index contributed by atoms with van der Waals surface area (Å²) in [5, 5.41) is 8.40. The minimum absolute atomic E-state index is 0.356. The number of hydrogen-bond donors (Lipinski definition) is 0. The van der Waals surface area contributed by atoms with Gasteiger partial charge in [0.1, 0.15) is 0 Å². The summed E-state index contributed by atoms with van der Waals surface area (Å²) >= 11 is 0. The van der Waals surface area contributed by atoms with Gasteiger partial charge in [-0.25, -0.2) is 0 Å². The first-order valence-electron chi connectivity index (χ1n) is 5.47. The zero-order chi connectivity index (χ0) is 10.4. The predicted molar refractivity (Wildman–Crippen MR) is 55.9 cm³/mol. The summed E-state index contributed by atoms with van der Waals surface area (Å²) in [6.45, 7) is 7.43. The van der Waals surface area contributed by atoms with Crippen LogP contribution >= 0.6 is 0 Å². The third kappa shape index (κ3) is 4.08. The third-order valence-electron chi connectivity index (χ3n) is 2.51. The number of nitrogens with zero attached hydrogens (tertiary/aromatic N) is 2. The Morgan fingerprint density at radius 2 is 1.93 bits per heavy atom. The van der Waals surface area contributed by atoms with Crippen LogP contribution in [0.15, 0.2) is 0 Å². The van der Waals surface area contributed by atoms with Crippen LogP contribution in [0.5, 0.6) is 0 Å². The summed E-state index contributed by atoms with van der Waals surface area (Å²) in [7, 11) is 0. The van der Waals surface area contributed by atoms with E-state index in [0.717, 1.165) is 32.5 Å². The lowest BCUT2D eigenvalue weighted by Crippen LogP contribution is -2.45. The molecule has 2 atom stereocenters. The molecule has 1 saturated heterocycles. The summed E-state index contributed by atoms with van der Waals surface area (Å²) in [5.41, 5.74) is 0. The Bertz CT molecular complexity index is 190. The summed E-state index contributed by atoms with van der Waals surface area (Å²) in [5.74, 6) is 0. The second-order valence-electron chi connectivity index (χ2n) is 4.13. The highest BCUT2D eigenvalue weighted by Gasteiger charge is 2.21. The largest absolute Gasteiger partial charge is 0.373 e. The number of unbranched alkanes of at least 4 members (excludes halogenated alkanes) is 2. The molecular weight excluding hydrogens is 176 g/mol. The molecule has 0 N–H and O–H groups in total. The second kappa shape index (κ2) is 6.00. The van der Waals surface area contributed by atoms with Crippen molar-refractivity contribution in [2.24, 2.45) is 0 Å². The number of nitriles is 1. The SMILES string of the molecule is C[C@@H]1CN(CCCCC#N)C[C@H](C)O1. The number of ether oxygens (including phenoxy) is 1. The molecule has 0 aromatic carbocycles. The van der Waals surface area contributed by atoms with E-state index in [9.17, 15) is 0 Å². The molecule has 80 valence electrons. The van der Waals surface area contributed by atoms with Crippen molar-refractivity contribution < 1.29 is 4.74 Å². The Balaban J connectivity index is 2.14. The molecule has 3 heteroatoms. The number of rotatable bonds is 4. The lowest BCUT2D eigenvalue weighted by Gasteiger charge is -2.35. The fourth-order valence-corrected chi connectivity index (χ4v) is 2.01. The third-order valence-corrected chi connectivity index (χ3v) is 2.51. The smallest absolute Gasteiger partial charge is 0.0678 e. The van der Waals surface area contributed by atoms with Crippen molar-refractivity contribution in [1.82, 2.24) is 4.90 Å². The molecular formula is C11H20N2O. The first kappa shape index (κ1) is 11.5. The Labute approximate surface area is 86.6 Å². The van der Waals surface area contributed by atoms with Gasteiger partial charge in [0.2, 0.25) is 0 Å². The van der Waals surface area contributed by atoms with E-state index in [2.05, 4.69) is 24.8 Å². The maximum atomic E-state index is 8.40. The summed E-state index contributed by atoms with van der Waals surface area (Å²) in [6.07, 6.45) is 3.56. The fraction of sp³-hybridized carbons (Fsp3) is 0.909. The van der Waals surface area contributed by atoms with Crippen molar-refractivity contribution in [2.45, 2.75) is 45.3 Å². The normalized spacial score (nSPS) is 28.6. The first-order chi connectivity index (χ1) is 6.72. The van der Waals surface area contributed by atoms with Crippen LogP contribution in [0.4, 0.5) is 0 Å². The lowest BCUT2D eigenvalue weighted by molar-refractivity contribution is -0.0681. The molecule has 1 heterocycles. The van der Waals surface area contributed by atoms with E-state index in [1.54, 1.807) is 0 Å². The molecule has 1 aliphatic heterocycles. The quantitative estimate of drug-likeness (QED) is 0.643. The van der Waals surface area contributed by atoms with Crippen LogP contribution < -0.4 is 0 Å². The number of morpholine rings is 1. The minimum atomic E-state index is 0.356. The molecule has 0 aliphatic carbocycles. The molecule has 0 bridgehead atoms. The number of hydrogen-bond acceptors (Lipinski definition) is 3. The van der Waals surface area contributed by atoms with E-state index < -0.39 is 0 Å². The van der Waals surface area contributed by atoms with Crippen molar-refractivity contribution in [3.63, 3.8) is 0 Å². The molecule has 0 aromatic heterocycles. The topological polar surface area (TPSA) is 36.3 Å². The Morgan fingerprint density at radius 1 is 1.29 bits per heavy atom. The standard InChI is InChI=1S/C11H20N2O/c1-10-8-13(9-11(2)14-10)7-5-3-4-6-12/h10-11H,3-5,7-9H2,1-2H3/t10-,11+. The van der Waals surface area contributed by atoms with Crippen LogP contribution in [0.1, 0.15) is 33.1 Å². The van der Waals surface area contributed by atoms with E-state index >= 15 is 0 Å². The van der Waals surface area contributed by atoms with E-state index in [0.29, 0.717) is 18.6 Å². The molecule has 0 amide bonds. The van der Waals surface area contributed by atoms with Crippen LogP contribution in [0.2, 0.25) is 0 Å². The van der Waals surface area contributed by atoms with Gasteiger partial charge >= 0.3 is 0 Å². The van der Waals surface area contributed by atoms with Gasteiger partial charge in [0, 0.05) is 19.5 Å². The molecule has 0 radical (unpaired) electrons. The zero-order valence-electron chi connectivity index (χ0n) is 9.20. The van der Waals surface area contributed by atoms with Crippen molar-refractivity contribution >= 4 is 0 Å². The minimum Gasteiger partial charge on any atom is -0.373 e. The van der Waals surface area contributed by atoms with Crippen LogP contribution in [0.25, 0.3) is 0 Å². The van der Waals surface area contributed by atoms with E-state index in [1.807, 2.05) is 0 Å². The van der Waals surface area contributed by atoms with Gasteiger partial charge in [-0.15, -0.1) is 0 Å². The van der Waals surface area contributed by atoms with Gasteiger partial charge in [0.25, 0.3) is 0 Å². The highest BCUT2D eigenvalue weighted by Crippen LogP contribution is 2.11. The predicted octanol–water partition coefficient (Wildman–Crippen LogP) is 1.79. The monoisotopic (exact) mass is 196 g/mol. The first-order valence-corrected chi connectivity index (χ1v) is 5.47. The van der Waals surface area contributed by atoms with Gasteiger partial charge < -0.3 is 4.74 Å². The van der Waals surface area contributed by atoms with Gasteiger partial charge in [0.15, 0.2) is 0 Å². The van der Waals surface area contributed by atoms with Crippen LogP contribution in [0, 0.1) is 11.3 Å². The summed E-state index contributed by atoms with van der Waals surface area (Å²) in [4.78, 5) is 2.44. The molecule has 0 unspecified atom stereocenters. The van der Waals surface area contributed by atoms with E-state index in [4.69, 9.17) is 10.00 Å². The highest BCUT2D eigenvalue weighted by molar-refractivity contribution is 4.74. The maximum absolute atomic E-state index is 8.40. The molecule has 1 fully saturated rings. The molecule has 1 aliphatic rings. The molecule has 0 saturated carbocycles. The van der Waals surface area contributed by atoms with Crippen LogP contribution in [-0.2, 0) is 4.74 Å². The van der Waals surface area contributed by atoms with Crippen LogP contribution in [0.3, 0.4) is 0 Å². The van der Waals surface area contributed by atoms with Gasteiger partial charge in [-0.1, -0.05) is 0 Å². The van der Waals surface area contributed by atoms with Crippen molar-refractivity contribution in [1.29, 1.82) is 5.26 Å². The molecule has 14 heavy (non-hydrogen) atoms. The van der Waals surface area contributed by atoms with Gasteiger partial charge in [-0.2, -0.15) is 5.26 Å². The molecule has 0 spiro atoms. The average Bonchev–Trinajstić information content (AvgIpc) is 2.11. The van der Waals surface area contributed by atoms with Crippen LogP contribution in [-0.4, -0.2) is 36.7 Å². The van der Waals surface area contributed by atoms with Crippen molar-refractivity contribution in [3.05, 3.63) is 0 Å². The Hall–Kier alpha value is -0.590. The summed E-state index contributed by atoms with van der Waals surface area (Å²) < 4.78 is 5.65. The molecule has 1 rings (SSSR count).